The molecular weight excluding hydrogens is 291 g/mol. The molecule has 0 saturated heterocycles. The molecule has 0 aliphatic carbocycles. The number of carbonyl (C=O) groups excluding carboxylic acids is 1. The minimum absolute atomic E-state index is 0.220. The zero-order valence-corrected chi connectivity index (χ0v) is 10.9. The van der Waals surface area contributed by atoms with E-state index in [1.165, 1.54) is 18.2 Å². The SMILES string of the molecule is O=C(Nc1ccc(Cl)c(Cl)c1)Nc1ccc(=O)[nH]n1. The van der Waals surface area contributed by atoms with E-state index in [1.54, 1.807) is 12.1 Å². The van der Waals surface area contributed by atoms with E-state index in [0.717, 1.165) is 0 Å². The zero-order valence-electron chi connectivity index (χ0n) is 9.41. The van der Waals surface area contributed by atoms with Crippen LogP contribution in [-0.4, -0.2) is 16.2 Å². The molecule has 0 saturated carbocycles. The Bertz CT molecular complexity index is 651. The highest BCUT2D eigenvalue weighted by Crippen LogP contribution is 2.24. The molecule has 0 radical (unpaired) electrons. The van der Waals surface area contributed by atoms with Crippen LogP contribution in [0.2, 0.25) is 10.0 Å². The monoisotopic (exact) mass is 298 g/mol. The molecule has 6 nitrogen and oxygen atoms in total. The third-order valence-corrected chi connectivity index (χ3v) is 2.84. The number of hydrogen-bond donors (Lipinski definition) is 3. The summed E-state index contributed by atoms with van der Waals surface area (Å²) < 4.78 is 0. The summed E-state index contributed by atoms with van der Waals surface area (Å²) in [6.45, 7) is 0. The molecule has 0 unspecified atom stereocenters. The van der Waals surface area contributed by atoms with Gasteiger partial charge in [0.1, 0.15) is 0 Å². The fourth-order valence-electron chi connectivity index (χ4n) is 1.27. The molecule has 0 aliphatic rings. The van der Waals surface area contributed by atoms with Crippen LogP contribution in [0.1, 0.15) is 0 Å². The largest absolute Gasteiger partial charge is 0.324 e. The van der Waals surface area contributed by atoms with Crippen LogP contribution in [0.15, 0.2) is 35.1 Å². The smallest absolute Gasteiger partial charge is 0.308 e. The van der Waals surface area contributed by atoms with Crippen LogP contribution in [0.3, 0.4) is 0 Å². The molecule has 3 N–H and O–H groups in total. The predicted octanol–water partition coefficient (Wildman–Crippen LogP) is 2.72. The number of urea groups is 1. The molecule has 2 amide bonds. The van der Waals surface area contributed by atoms with Crippen molar-refractivity contribution in [2.75, 3.05) is 10.6 Å². The van der Waals surface area contributed by atoms with Gasteiger partial charge in [-0.05, 0) is 24.3 Å². The van der Waals surface area contributed by atoms with Gasteiger partial charge in [0.05, 0.1) is 10.0 Å². The average Bonchev–Trinajstić information content (AvgIpc) is 2.37. The summed E-state index contributed by atoms with van der Waals surface area (Å²) in [5.41, 5.74) is 0.131. The number of nitrogens with zero attached hydrogens (tertiary/aromatic N) is 1. The lowest BCUT2D eigenvalue weighted by Gasteiger charge is -2.07. The molecule has 98 valence electrons. The Balaban J connectivity index is 2.03. The average molecular weight is 299 g/mol. The highest BCUT2D eigenvalue weighted by atomic mass is 35.5. The number of hydrogen-bond acceptors (Lipinski definition) is 3. The number of nitrogens with one attached hydrogen (secondary N) is 3. The minimum atomic E-state index is -0.516. The predicted molar refractivity (Wildman–Crippen MR) is 74.0 cm³/mol. The molecule has 1 aromatic heterocycles. The topological polar surface area (TPSA) is 86.9 Å². The van der Waals surface area contributed by atoms with Crippen LogP contribution < -0.4 is 16.2 Å². The first kappa shape index (κ1) is 13.4. The maximum absolute atomic E-state index is 11.6. The lowest BCUT2D eigenvalue weighted by molar-refractivity contribution is 0.262. The van der Waals surface area contributed by atoms with Gasteiger partial charge in [-0.25, -0.2) is 9.89 Å². The van der Waals surface area contributed by atoms with Gasteiger partial charge in [0.25, 0.3) is 5.56 Å². The Morgan fingerprint density at radius 1 is 1.11 bits per heavy atom. The highest BCUT2D eigenvalue weighted by Gasteiger charge is 2.05. The molecule has 8 heteroatoms. The van der Waals surface area contributed by atoms with Gasteiger partial charge in [0.15, 0.2) is 5.82 Å². The highest BCUT2D eigenvalue weighted by molar-refractivity contribution is 6.42. The van der Waals surface area contributed by atoms with Crippen molar-refractivity contribution in [3.63, 3.8) is 0 Å². The molecule has 1 heterocycles. The van der Waals surface area contributed by atoms with Crippen LogP contribution in [0.5, 0.6) is 0 Å². The van der Waals surface area contributed by atoms with Crippen LogP contribution in [0, 0.1) is 0 Å². The Morgan fingerprint density at radius 3 is 2.53 bits per heavy atom. The quantitative estimate of drug-likeness (QED) is 0.796. The molecule has 19 heavy (non-hydrogen) atoms. The number of H-pyrrole nitrogens is 1. The van der Waals surface area contributed by atoms with Crippen molar-refractivity contribution in [1.82, 2.24) is 10.2 Å². The second-order valence-electron chi connectivity index (χ2n) is 3.51. The molecule has 2 aromatic rings. The first-order valence-electron chi connectivity index (χ1n) is 5.13. The summed E-state index contributed by atoms with van der Waals surface area (Å²) in [6.07, 6.45) is 0. The second kappa shape index (κ2) is 5.73. The van der Waals surface area contributed by atoms with Gasteiger partial charge in [-0.1, -0.05) is 23.2 Å². The fraction of sp³-hybridized carbons (Fsp3) is 0. The van der Waals surface area contributed by atoms with Gasteiger partial charge in [-0.2, -0.15) is 5.10 Å². The maximum Gasteiger partial charge on any atom is 0.324 e. The maximum atomic E-state index is 11.6. The van der Waals surface area contributed by atoms with Crippen molar-refractivity contribution < 1.29 is 4.79 Å². The Labute approximate surface area is 117 Å². The van der Waals surface area contributed by atoms with Crippen molar-refractivity contribution in [3.05, 3.63) is 50.7 Å². The molecule has 0 fully saturated rings. The Morgan fingerprint density at radius 2 is 1.89 bits per heavy atom. The summed E-state index contributed by atoms with van der Waals surface area (Å²) in [5, 5.41) is 11.6. The standard InChI is InChI=1S/C11H8Cl2N4O2/c12-7-2-1-6(5-8(7)13)14-11(19)15-9-3-4-10(18)17-16-9/h1-5H,(H,17,18)(H2,14,15,16,19). The lowest BCUT2D eigenvalue weighted by atomic mass is 10.3. The number of rotatable bonds is 2. The van der Waals surface area contributed by atoms with Crippen molar-refractivity contribution in [2.45, 2.75) is 0 Å². The number of carbonyl (C=O) groups is 1. The number of aromatic amines is 1. The second-order valence-corrected chi connectivity index (χ2v) is 4.33. The fourth-order valence-corrected chi connectivity index (χ4v) is 1.56. The molecule has 1 aromatic carbocycles. The molecule has 0 spiro atoms. The van der Waals surface area contributed by atoms with Crippen LogP contribution in [0.4, 0.5) is 16.3 Å². The number of aromatic nitrogens is 2. The van der Waals surface area contributed by atoms with E-state index in [2.05, 4.69) is 20.8 Å². The summed E-state index contributed by atoms with van der Waals surface area (Å²) in [5.74, 6) is 0.220. The van der Waals surface area contributed by atoms with Crippen LogP contribution >= 0.6 is 23.2 Å². The summed E-state index contributed by atoms with van der Waals surface area (Å²) >= 11 is 11.6. The first-order valence-corrected chi connectivity index (χ1v) is 5.89. The molecule has 0 bridgehead atoms. The van der Waals surface area contributed by atoms with Gasteiger partial charge in [-0.15, -0.1) is 0 Å². The normalized spacial score (nSPS) is 10.0. The van der Waals surface area contributed by atoms with Crippen molar-refractivity contribution in [3.8, 4) is 0 Å². The van der Waals surface area contributed by atoms with E-state index in [9.17, 15) is 9.59 Å². The van der Waals surface area contributed by atoms with Crippen LogP contribution in [0.25, 0.3) is 0 Å². The lowest BCUT2D eigenvalue weighted by Crippen LogP contribution is -2.21. The Hall–Kier alpha value is -2.05. The minimum Gasteiger partial charge on any atom is -0.308 e. The van der Waals surface area contributed by atoms with Gasteiger partial charge in [0.2, 0.25) is 0 Å². The van der Waals surface area contributed by atoms with Gasteiger partial charge < -0.3 is 5.32 Å². The molecular formula is C11H8Cl2N4O2. The Kier molecular flexibility index (Phi) is 4.03. The van der Waals surface area contributed by atoms with Crippen molar-refractivity contribution in [2.24, 2.45) is 0 Å². The van der Waals surface area contributed by atoms with E-state index in [1.807, 2.05) is 0 Å². The zero-order chi connectivity index (χ0) is 13.8. The third-order valence-electron chi connectivity index (χ3n) is 2.10. The van der Waals surface area contributed by atoms with E-state index >= 15 is 0 Å². The van der Waals surface area contributed by atoms with Gasteiger partial charge >= 0.3 is 6.03 Å². The molecule has 2 rings (SSSR count). The summed E-state index contributed by atoms with van der Waals surface area (Å²) in [6, 6.07) is 6.81. The van der Waals surface area contributed by atoms with Crippen molar-refractivity contribution >= 4 is 40.7 Å². The number of anilines is 2. The van der Waals surface area contributed by atoms with Gasteiger partial charge in [0, 0.05) is 11.8 Å². The summed E-state index contributed by atoms with van der Waals surface area (Å²) in [4.78, 5) is 22.4. The number of benzene rings is 1. The molecule has 0 aliphatic heterocycles. The number of amides is 2. The van der Waals surface area contributed by atoms with Gasteiger partial charge in [-0.3, -0.25) is 10.1 Å². The van der Waals surface area contributed by atoms with Crippen molar-refractivity contribution in [1.29, 1.82) is 0 Å². The number of halogens is 2. The summed E-state index contributed by atoms with van der Waals surface area (Å²) in [7, 11) is 0. The van der Waals surface area contributed by atoms with E-state index in [4.69, 9.17) is 23.2 Å². The first-order chi connectivity index (χ1) is 9.04. The molecule has 0 atom stereocenters. The van der Waals surface area contributed by atoms with Crippen LogP contribution in [-0.2, 0) is 0 Å². The van der Waals surface area contributed by atoms with E-state index in [0.29, 0.717) is 15.7 Å². The van der Waals surface area contributed by atoms with E-state index < -0.39 is 6.03 Å². The van der Waals surface area contributed by atoms with E-state index in [-0.39, 0.29) is 11.4 Å². The third kappa shape index (κ3) is 3.70.